The highest BCUT2D eigenvalue weighted by molar-refractivity contribution is 5.95. The molecule has 0 bridgehead atoms. The van der Waals surface area contributed by atoms with Crippen molar-refractivity contribution in [3.8, 4) is 5.69 Å². The number of aryl methyl sites for hydroxylation is 1. The van der Waals surface area contributed by atoms with Crippen LogP contribution in [0, 0.1) is 6.92 Å². The molecule has 0 saturated carbocycles. The number of hydrogen-bond donors (Lipinski definition) is 1. The third-order valence-corrected chi connectivity index (χ3v) is 4.12. The van der Waals surface area contributed by atoms with Crippen LogP contribution in [-0.2, 0) is 4.74 Å². The zero-order valence-corrected chi connectivity index (χ0v) is 14.1. The molecule has 8 nitrogen and oxygen atoms in total. The van der Waals surface area contributed by atoms with E-state index < -0.39 is 0 Å². The van der Waals surface area contributed by atoms with Gasteiger partial charge in [-0.05, 0) is 49.5 Å². The third-order valence-electron chi connectivity index (χ3n) is 4.12. The Morgan fingerprint density at radius 3 is 2.96 bits per heavy atom. The fourth-order valence-corrected chi connectivity index (χ4v) is 2.98. The van der Waals surface area contributed by atoms with Crippen LogP contribution in [0.1, 0.15) is 23.1 Å². The molecule has 2 heterocycles. The zero-order chi connectivity index (χ0) is 17.1. The van der Waals surface area contributed by atoms with Crippen molar-refractivity contribution in [3.05, 3.63) is 35.7 Å². The van der Waals surface area contributed by atoms with Crippen molar-refractivity contribution in [2.45, 2.75) is 26.0 Å². The predicted octanol–water partition coefficient (Wildman–Crippen LogP) is 0.420. The second-order valence-corrected chi connectivity index (χ2v) is 5.98. The van der Waals surface area contributed by atoms with E-state index in [1.54, 1.807) is 16.8 Å². The van der Waals surface area contributed by atoms with E-state index in [2.05, 4.69) is 25.7 Å². The molecular weight excluding hydrogens is 308 g/mol. The molecule has 2 atom stereocenters. The first-order valence-electron chi connectivity index (χ1n) is 8.05. The van der Waals surface area contributed by atoms with E-state index in [1.165, 1.54) is 0 Å². The van der Waals surface area contributed by atoms with Crippen molar-refractivity contribution in [1.82, 2.24) is 30.4 Å². The average Bonchev–Trinajstić information content (AvgIpc) is 3.14. The van der Waals surface area contributed by atoms with Gasteiger partial charge in [0.2, 0.25) is 0 Å². The molecule has 1 fully saturated rings. The first-order chi connectivity index (χ1) is 11.6. The number of nitrogens with one attached hydrogen (secondary N) is 1. The molecule has 2 aromatic rings. The van der Waals surface area contributed by atoms with E-state index in [-0.39, 0.29) is 18.1 Å². The maximum Gasteiger partial charge on any atom is 0.251 e. The topological polar surface area (TPSA) is 85.2 Å². The lowest BCUT2D eigenvalue weighted by atomic mass is 10.1. The number of likely N-dealkylation sites (tertiary alicyclic amines) is 1. The smallest absolute Gasteiger partial charge is 0.251 e. The maximum atomic E-state index is 12.6. The summed E-state index contributed by atoms with van der Waals surface area (Å²) in [5, 5.41) is 14.5. The quantitative estimate of drug-likeness (QED) is 0.855. The molecule has 0 spiro atoms. The molecule has 1 saturated heterocycles. The molecule has 1 aliphatic heterocycles. The number of amides is 1. The number of tetrazole rings is 1. The first kappa shape index (κ1) is 16.5. The van der Waals surface area contributed by atoms with Gasteiger partial charge >= 0.3 is 0 Å². The van der Waals surface area contributed by atoms with Gasteiger partial charge in [-0.2, -0.15) is 4.68 Å². The Hall–Kier alpha value is -2.32. The van der Waals surface area contributed by atoms with Crippen molar-refractivity contribution in [3.63, 3.8) is 0 Å². The number of rotatable bonds is 5. The Balaban J connectivity index is 1.75. The summed E-state index contributed by atoms with van der Waals surface area (Å²) < 4.78 is 7.33. The van der Waals surface area contributed by atoms with Crippen LogP contribution < -0.4 is 5.32 Å². The summed E-state index contributed by atoms with van der Waals surface area (Å²) in [5.74, 6) is 0.550. The molecular formula is C16H22N6O2. The van der Waals surface area contributed by atoms with Crippen LogP contribution >= 0.6 is 0 Å². The number of ether oxygens (including phenoxy) is 1. The second-order valence-electron chi connectivity index (χ2n) is 5.98. The van der Waals surface area contributed by atoms with Crippen LogP contribution in [-0.4, -0.2) is 69.9 Å². The number of nitrogens with zero attached hydrogens (tertiary/aromatic N) is 5. The zero-order valence-electron chi connectivity index (χ0n) is 14.1. The summed E-state index contributed by atoms with van der Waals surface area (Å²) in [6.45, 7) is 6.02. The summed E-state index contributed by atoms with van der Waals surface area (Å²) >= 11 is 0. The van der Waals surface area contributed by atoms with Crippen molar-refractivity contribution >= 4 is 5.91 Å². The molecule has 0 aliphatic carbocycles. The van der Waals surface area contributed by atoms with E-state index in [0.717, 1.165) is 18.8 Å². The Morgan fingerprint density at radius 1 is 1.42 bits per heavy atom. The van der Waals surface area contributed by atoms with Crippen LogP contribution in [0.2, 0.25) is 0 Å². The summed E-state index contributed by atoms with van der Waals surface area (Å²) in [6.07, 6.45) is 0.0221. The molecule has 3 rings (SSSR count). The first-order valence-corrected chi connectivity index (χ1v) is 8.05. The molecule has 1 aliphatic rings. The molecule has 1 N–H and O–H groups in total. The van der Waals surface area contributed by atoms with Crippen molar-refractivity contribution in [1.29, 1.82) is 0 Å². The summed E-state index contributed by atoms with van der Waals surface area (Å²) in [5.41, 5.74) is 1.34. The van der Waals surface area contributed by atoms with Crippen molar-refractivity contribution in [2.75, 3.05) is 26.7 Å². The molecule has 128 valence electrons. The monoisotopic (exact) mass is 330 g/mol. The van der Waals surface area contributed by atoms with Crippen LogP contribution in [0.3, 0.4) is 0 Å². The van der Waals surface area contributed by atoms with Gasteiger partial charge in [-0.3, -0.25) is 4.79 Å². The van der Waals surface area contributed by atoms with E-state index in [1.807, 2.05) is 33.0 Å². The van der Waals surface area contributed by atoms with E-state index in [4.69, 9.17) is 4.74 Å². The molecule has 0 radical (unpaired) electrons. The number of benzene rings is 1. The third kappa shape index (κ3) is 3.44. The normalized spacial score (nSPS) is 21.1. The number of carbonyl (C=O) groups is 1. The van der Waals surface area contributed by atoms with Crippen LogP contribution in [0.25, 0.3) is 5.69 Å². The van der Waals surface area contributed by atoms with Gasteiger partial charge < -0.3 is 15.0 Å². The Bertz CT molecular complexity index is 716. The number of carbonyl (C=O) groups excluding carboxylic acids is 1. The van der Waals surface area contributed by atoms with Gasteiger partial charge in [0.25, 0.3) is 5.91 Å². The van der Waals surface area contributed by atoms with E-state index in [9.17, 15) is 4.79 Å². The van der Waals surface area contributed by atoms with Crippen molar-refractivity contribution in [2.24, 2.45) is 0 Å². The number of aromatic nitrogens is 4. The van der Waals surface area contributed by atoms with Crippen LogP contribution in [0.15, 0.2) is 24.3 Å². The average molecular weight is 330 g/mol. The fraction of sp³-hybridized carbons (Fsp3) is 0.500. The van der Waals surface area contributed by atoms with E-state index in [0.29, 0.717) is 18.0 Å². The lowest BCUT2D eigenvalue weighted by Crippen LogP contribution is -2.44. The minimum atomic E-state index is -0.118. The minimum absolute atomic E-state index is 0.0131. The molecule has 1 amide bonds. The van der Waals surface area contributed by atoms with Gasteiger partial charge in [-0.1, -0.05) is 6.07 Å². The number of hydrogen-bond acceptors (Lipinski definition) is 6. The Labute approximate surface area is 140 Å². The fourth-order valence-electron chi connectivity index (χ4n) is 2.98. The molecule has 0 unspecified atom stereocenters. The molecule has 1 aromatic heterocycles. The lowest BCUT2D eigenvalue weighted by Gasteiger charge is -2.20. The van der Waals surface area contributed by atoms with E-state index >= 15 is 0 Å². The van der Waals surface area contributed by atoms with Gasteiger partial charge in [0.1, 0.15) is 0 Å². The van der Waals surface area contributed by atoms with Gasteiger partial charge in [0.15, 0.2) is 5.82 Å². The highest BCUT2D eigenvalue weighted by atomic mass is 16.5. The molecule has 1 aromatic carbocycles. The van der Waals surface area contributed by atoms with Gasteiger partial charge in [-0.15, -0.1) is 5.10 Å². The SMILES string of the molecule is CCO[C@H]1CN(C)C[C@@H]1NC(=O)c1cccc(-n2nnnc2C)c1. The minimum Gasteiger partial charge on any atom is -0.375 e. The predicted molar refractivity (Wildman–Crippen MR) is 88.1 cm³/mol. The second kappa shape index (κ2) is 7.06. The largest absolute Gasteiger partial charge is 0.375 e. The van der Waals surface area contributed by atoms with Crippen LogP contribution in [0.5, 0.6) is 0 Å². The highest BCUT2D eigenvalue weighted by Crippen LogP contribution is 2.14. The lowest BCUT2D eigenvalue weighted by molar-refractivity contribution is 0.0513. The Kier molecular flexibility index (Phi) is 4.86. The van der Waals surface area contributed by atoms with Crippen molar-refractivity contribution < 1.29 is 9.53 Å². The Morgan fingerprint density at radius 2 is 2.25 bits per heavy atom. The van der Waals surface area contributed by atoms with Gasteiger partial charge in [-0.25, -0.2) is 0 Å². The standard InChI is InChI=1S/C16H22N6O2/c1-4-24-15-10-21(3)9-14(15)17-16(23)12-6-5-7-13(8-12)22-11(2)18-19-20-22/h5-8,14-15H,4,9-10H2,1-3H3,(H,17,23)/t14-,15-/m0/s1. The maximum absolute atomic E-state index is 12.6. The molecule has 8 heteroatoms. The highest BCUT2D eigenvalue weighted by Gasteiger charge is 2.32. The summed E-state index contributed by atoms with van der Waals surface area (Å²) in [4.78, 5) is 14.8. The van der Waals surface area contributed by atoms with Gasteiger partial charge in [0.05, 0.1) is 17.8 Å². The molecule has 24 heavy (non-hydrogen) atoms. The summed E-state index contributed by atoms with van der Waals surface area (Å²) in [6, 6.07) is 7.25. The number of likely N-dealkylation sites (N-methyl/N-ethyl adjacent to an activating group) is 1. The van der Waals surface area contributed by atoms with Gasteiger partial charge in [0, 0.05) is 25.3 Å². The summed E-state index contributed by atoms with van der Waals surface area (Å²) in [7, 11) is 2.03. The van der Waals surface area contributed by atoms with Crippen LogP contribution in [0.4, 0.5) is 0 Å².